The summed E-state index contributed by atoms with van der Waals surface area (Å²) < 4.78 is 22.8. The Labute approximate surface area is 226 Å². The van der Waals surface area contributed by atoms with E-state index in [0.29, 0.717) is 0 Å². The van der Waals surface area contributed by atoms with Gasteiger partial charge in [-0.25, -0.2) is 0 Å². The minimum atomic E-state index is -2.13. The van der Waals surface area contributed by atoms with E-state index < -0.39 is 88.1 Å². The Morgan fingerprint density at radius 1 is 0.897 bits per heavy atom. The predicted molar refractivity (Wildman–Crippen MR) is 134 cm³/mol. The predicted octanol–water partition coefficient (Wildman–Crippen LogP) is 1.92. The van der Waals surface area contributed by atoms with Gasteiger partial charge in [0.25, 0.3) is 0 Å². The van der Waals surface area contributed by atoms with Crippen molar-refractivity contribution in [3.05, 3.63) is 23.8 Å². The first-order valence-electron chi connectivity index (χ1n) is 12.7. The van der Waals surface area contributed by atoms with Gasteiger partial charge in [0, 0.05) is 51.9 Å². The maximum absolute atomic E-state index is 14.3. The van der Waals surface area contributed by atoms with Gasteiger partial charge in [-0.3, -0.25) is 28.8 Å². The molecule has 0 aromatic carbocycles. The van der Waals surface area contributed by atoms with Gasteiger partial charge in [0.15, 0.2) is 28.9 Å². The van der Waals surface area contributed by atoms with Gasteiger partial charge in [-0.1, -0.05) is 32.9 Å². The van der Waals surface area contributed by atoms with E-state index >= 15 is 0 Å². The minimum absolute atomic E-state index is 0.132. The van der Waals surface area contributed by atoms with Crippen LogP contribution in [0.3, 0.4) is 0 Å². The molecule has 3 aliphatic rings. The maximum Gasteiger partial charge on any atom is 0.303 e. The fourth-order valence-electron chi connectivity index (χ4n) is 6.23. The quantitative estimate of drug-likeness (QED) is 0.311. The Balaban J connectivity index is 2.45. The molecule has 0 amide bonds. The average Bonchev–Trinajstić information content (AvgIpc) is 3.20. The van der Waals surface area contributed by atoms with Crippen molar-refractivity contribution in [2.75, 3.05) is 0 Å². The number of aliphatic hydroxyl groups is 1. The van der Waals surface area contributed by atoms with Crippen LogP contribution in [-0.4, -0.2) is 69.6 Å². The highest BCUT2D eigenvalue weighted by molar-refractivity contribution is 6.02. The van der Waals surface area contributed by atoms with Gasteiger partial charge in [-0.05, 0) is 18.6 Å². The molecule has 7 atom stereocenters. The number of Topliss-reactive ketones (excluding diaryl/α,β-unsaturated/α-hetero) is 1. The van der Waals surface area contributed by atoms with Gasteiger partial charge in [-0.15, -0.1) is 0 Å². The second-order valence-corrected chi connectivity index (χ2v) is 11.5. The van der Waals surface area contributed by atoms with Crippen molar-refractivity contribution in [2.24, 2.45) is 17.3 Å². The molecule has 0 heterocycles. The molecular weight excluding hydrogens is 512 g/mol. The number of carbonyl (C=O) groups is 6. The van der Waals surface area contributed by atoms with Gasteiger partial charge < -0.3 is 24.1 Å². The van der Waals surface area contributed by atoms with E-state index in [4.69, 9.17) is 18.9 Å². The molecule has 0 aromatic rings. The van der Waals surface area contributed by atoms with Crippen molar-refractivity contribution in [2.45, 2.75) is 97.2 Å². The molecule has 3 aliphatic carbocycles. The molecule has 1 fully saturated rings. The summed E-state index contributed by atoms with van der Waals surface area (Å²) in [7, 11) is 0. The van der Waals surface area contributed by atoms with Gasteiger partial charge in [0.2, 0.25) is 0 Å². The third-order valence-electron chi connectivity index (χ3n) is 7.94. The Bertz CT molecular complexity index is 1180. The maximum atomic E-state index is 14.3. The molecule has 1 N–H and O–H groups in total. The molecule has 11 heteroatoms. The summed E-state index contributed by atoms with van der Waals surface area (Å²) in [4.78, 5) is 77.1. The zero-order valence-electron chi connectivity index (χ0n) is 23.5. The summed E-state index contributed by atoms with van der Waals surface area (Å²) in [6, 6.07) is 0. The van der Waals surface area contributed by atoms with Crippen LogP contribution in [-0.2, 0) is 47.7 Å². The molecule has 1 saturated carbocycles. The zero-order chi connectivity index (χ0) is 29.7. The normalized spacial score (nSPS) is 38.0. The van der Waals surface area contributed by atoms with Crippen molar-refractivity contribution in [3.63, 3.8) is 0 Å². The summed E-state index contributed by atoms with van der Waals surface area (Å²) in [6.07, 6.45) is 0.550. The van der Waals surface area contributed by atoms with Crippen LogP contribution in [0.2, 0.25) is 0 Å². The molecule has 0 aliphatic heterocycles. The SMILES string of the molecule is CC(=O)O[C@@H]1[C@@H]2[C@@H](OC(C)=O)C3=CC(=O)[C@](O)(C3)C(C)(C)/C=C/[C@@H](C)C(=O)[C@@]2(OC(C)=O)C[C@@]1(C)OC(C)=O. The van der Waals surface area contributed by atoms with E-state index in [0.717, 1.165) is 33.8 Å². The summed E-state index contributed by atoms with van der Waals surface area (Å²) in [5, 5.41) is 11.6. The van der Waals surface area contributed by atoms with E-state index in [9.17, 15) is 33.9 Å². The molecule has 0 unspecified atom stereocenters. The van der Waals surface area contributed by atoms with Crippen molar-refractivity contribution in [3.8, 4) is 0 Å². The number of fused-ring (bicyclic) bond motifs is 3. The van der Waals surface area contributed by atoms with E-state index in [1.54, 1.807) is 26.8 Å². The average molecular weight is 549 g/mol. The monoisotopic (exact) mass is 548 g/mol. The van der Waals surface area contributed by atoms with Gasteiger partial charge >= 0.3 is 23.9 Å². The first-order valence-corrected chi connectivity index (χ1v) is 12.7. The molecule has 2 bridgehead atoms. The number of carbonyl (C=O) groups excluding carboxylic acids is 6. The highest BCUT2D eigenvalue weighted by atomic mass is 16.6. The second kappa shape index (κ2) is 10.0. The lowest BCUT2D eigenvalue weighted by Gasteiger charge is -2.40. The Morgan fingerprint density at radius 3 is 1.97 bits per heavy atom. The van der Waals surface area contributed by atoms with Crippen LogP contribution in [0.5, 0.6) is 0 Å². The second-order valence-electron chi connectivity index (χ2n) is 11.5. The number of esters is 4. The molecule has 3 rings (SSSR count). The summed E-state index contributed by atoms with van der Waals surface area (Å²) in [6.45, 7) is 10.7. The van der Waals surface area contributed by atoms with Crippen molar-refractivity contribution >= 4 is 35.4 Å². The van der Waals surface area contributed by atoms with E-state index in [-0.39, 0.29) is 12.0 Å². The van der Waals surface area contributed by atoms with E-state index in [2.05, 4.69) is 0 Å². The molecule has 39 heavy (non-hydrogen) atoms. The van der Waals surface area contributed by atoms with Gasteiger partial charge in [0.05, 0.1) is 5.92 Å². The molecular formula is C28H36O11. The lowest BCUT2D eigenvalue weighted by molar-refractivity contribution is -0.189. The molecule has 0 spiro atoms. The smallest absolute Gasteiger partial charge is 0.303 e. The third-order valence-corrected chi connectivity index (χ3v) is 7.94. The third kappa shape index (κ3) is 5.16. The van der Waals surface area contributed by atoms with Gasteiger partial charge in [0.1, 0.15) is 11.7 Å². The fourth-order valence-corrected chi connectivity index (χ4v) is 6.23. The van der Waals surface area contributed by atoms with Gasteiger partial charge in [-0.2, -0.15) is 0 Å². The van der Waals surface area contributed by atoms with Crippen LogP contribution < -0.4 is 0 Å². The fraction of sp³-hybridized carbons (Fsp3) is 0.643. The van der Waals surface area contributed by atoms with Crippen LogP contribution in [0.4, 0.5) is 0 Å². The lowest BCUT2D eigenvalue weighted by Crippen LogP contribution is -2.56. The van der Waals surface area contributed by atoms with Crippen molar-refractivity contribution < 1.29 is 52.8 Å². The number of ether oxygens (including phenoxy) is 4. The molecule has 0 aromatic heterocycles. The number of rotatable bonds is 4. The van der Waals surface area contributed by atoms with E-state index in [1.807, 2.05) is 0 Å². The largest absolute Gasteiger partial charge is 0.458 e. The summed E-state index contributed by atoms with van der Waals surface area (Å²) in [5.41, 5.74) is -6.82. The lowest BCUT2D eigenvalue weighted by atomic mass is 9.71. The molecule has 0 radical (unpaired) electrons. The Hall–Kier alpha value is -3.34. The highest BCUT2D eigenvalue weighted by Gasteiger charge is 2.72. The molecule has 214 valence electrons. The van der Waals surface area contributed by atoms with Crippen molar-refractivity contribution in [1.29, 1.82) is 0 Å². The zero-order valence-corrected chi connectivity index (χ0v) is 23.5. The Kier molecular flexibility index (Phi) is 7.75. The molecule has 0 saturated heterocycles. The number of hydrogen-bond acceptors (Lipinski definition) is 11. The van der Waals surface area contributed by atoms with Crippen LogP contribution in [0.1, 0.15) is 68.2 Å². The van der Waals surface area contributed by atoms with Crippen LogP contribution >= 0.6 is 0 Å². The van der Waals surface area contributed by atoms with Crippen LogP contribution in [0, 0.1) is 17.3 Å². The number of ketones is 2. The first kappa shape index (κ1) is 30.2. The number of allylic oxidation sites excluding steroid dienone is 1. The van der Waals surface area contributed by atoms with Crippen LogP contribution in [0.15, 0.2) is 23.8 Å². The highest BCUT2D eigenvalue weighted by Crippen LogP contribution is 2.55. The van der Waals surface area contributed by atoms with Crippen molar-refractivity contribution in [1.82, 2.24) is 0 Å². The van der Waals surface area contributed by atoms with Crippen LogP contribution in [0.25, 0.3) is 0 Å². The topological polar surface area (TPSA) is 160 Å². The molecule has 11 nitrogen and oxygen atoms in total. The standard InChI is InChI=1S/C28H36O11/c1-14-9-10-25(6,7)28(35)12-19(11-20(28)33)22(36-15(2)29)21-24(37-16(3)30)26(8,38-17(4)31)13-27(21,23(14)34)39-18(5)32/h9-11,14,21-22,24,35H,12-13H2,1-8H3/b10-9+/t14-,21+,22+,24-,26-,27-,28-/m1/s1. The number of hydrogen-bond donors (Lipinski definition) is 1. The minimum Gasteiger partial charge on any atom is -0.458 e. The van der Waals surface area contributed by atoms with E-state index in [1.165, 1.54) is 13.0 Å². The first-order chi connectivity index (χ1) is 17.8. The Morgan fingerprint density at radius 2 is 1.46 bits per heavy atom. The summed E-state index contributed by atoms with van der Waals surface area (Å²) in [5.74, 6) is -6.90. The summed E-state index contributed by atoms with van der Waals surface area (Å²) >= 11 is 0.